The van der Waals surface area contributed by atoms with Gasteiger partial charge in [0.1, 0.15) is 22.9 Å². The van der Waals surface area contributed by atoms with E-state index in [0.717, 1.165) is 6.07 Å². The molecule has 3 aromatic rings. The van der Waals surface area contributed by atoms with E-state index in [-0.39, 0.29) is 39.0 Å². The van der Waals surface area contributed by atoms with Gasteiger partial charge in [0, 0.05) is 63.3 Å². The maximum absolute atomic E-state index is 16.2. The fraction of sp³-hybridized carbons (Fsp3) is 0.333. The minimum Gasteiger partial charge on any atom is -0.507 e. The third kappa shape index (κ3) is 4.99. The second-order valence-electron chi connectivity index (χ2n) is 9.56. The van der Waals surface area contributed by atoms with Gasteiger partial charge in [-0.1, -0.05) is 24.2 Å². The number of halogens is 3. The van der Waals surface area contributed by atoms with Gasteiger partial charge >= 0.3 is 0 Å². The highest BCUT2D eigenvalue weighted by Gasteiger charge is 2.30. The van der Waals surface area contributed by atoms with E-state index in [9.17, 15) is 19.1 Å². The van der Waals surface area contributed by atoms with Gasteiger partial charge in [0.15, 0.2) is 5.82 Å². The Morgan fingerprint density at radius 2 is 1.67 bits per heavy atom. The number of fused-ring (bicyclic) bond motifs is 1. The molecule has 0 aliphatic carbocycles. The van der Waals surface area contributed by atoms with E-state index in [4.69, 9.17) is 11.6 Å². The van der Waals surface area contributed by atoms with Crippen molar-refractivity contribution < 1.29 is 23.5 Å². The Morgan fingerprint density at radius 1 is 1.00 bits per heavy atom. The van der Waals surface area contributed by atoms with Crippen LogP contribution in [-0.4, -0.2) is 101 Å². The zero-order valence-electron chi connectivity index (χ0n) is 21.3. The molecule has 0 atom stereocenters. The Morgan fingerprint density at radius 3 is 2.31 bits per heavy atom. The van der Waals surface area contributed by atoms with Gasteiger partial charge in [-0.05, 0) is 31.3 Å². The molecule has 12 heteroatoms. The van der Waals surface area contributed by atoms with E-state index >= 15 is 4.39 Å². The normalized spacial score (nSPS) is 16.6. The van der Waals surface area contributed by atoms with Crippen LogP contribution in [0.1, 0.15) is 10.6 Å². The van der Waals surface area contributed by atoms with Crippen LogP contribution in [0.25, 0.3) is 22.0 Å². The number of hydrogen-bond acceptors (Lipinski definition) is 7. The number of carbonyl (C=O) groups is 2. The number of rotatable bonds is 4. The molecule has 2 saturated heterocycles. The van der Waals surface area contributed by atoms with Crippen molar-refractivity contribution in [2.24, 2.45) is 0 Å². The average molecular weight is 557 g/mol. The van der Waals surface area contributed by atoms with Crippen LogP contribution in [0.2, 0.25) is 5.02 Å². The number of aromatic hydroxyl groups is 1. The first kappa shape index (κ1) is 26.8. The lowest BCUT2D eigenvalue weighted by Crippen LogP contribution is -2.49. The molecule has 2 amide bonds. The maximum Gasteiger partial charge on any atom is 0.291 e. The highest BCUT2D eigenvalue weighted by Crippen LogP contribution is 2.42. The van der Waals surface area contributed by atoms with Crippen LogP contribution >= 0.6 is 11.6 Å². The number of carbonyl (C=O) groups excluding carboxylic acids is 2. The Bertz CT molecular complexity index is 1450. The Balaban J connectivity index is 1.65. The molecule has 204 valence electrons. The number of nitrogens with zero attached hydrogens (tertiary/aromatic N) is 6. The zero-order chi connectivity index (χ0) is 27.8. The fourth-order valence-electron chi connectivity index (χ4n) is 4.92. The average Bonchev–Trinajstić information content (AvgIpc) is 2.94. The number of phenols is 1. The van der Waals surface area contributed by atoms with Crippen molar-refractivity contribution in [1.82, 2.24) is 24.7 Å². The number of anilines is 1. The summed E-state index contributed by atoms with van der Waals surface area (Å²) in [7, 11) is 1.96. The summed E-state index contributed by atoms with van der Waals surface area (Å²) in [5.74, 6) is -2.88. The Hall–Kier alpha value is -3.83. The quantitative estimate of drug-likeness (QED) is 0.494. The van der Waals surface area contributed by atoms with E-state index in [2.05, 4.69) is 21.4 Å². The van der Waals surface area contributed by atoms with Crippen molar-refractivity contribution in [3.63, 3.8) is 0 Å². The molecule has 2 fully saturated rings. The topological polar surface area (TPSA) is 93.1 Å². The Labute approximate surface area is 228 Å². The first-order valence-electron chi connectivity index (χ1n) is 12.5. The molecular weight excluding hydrogens is 530 g/mol. The van der Waals surface area contributed by atoms with Gasteiger partial charge < -0.3 is 24.7 Å². The van der Waals surface area contributed by atoms with Crippen LogP contribution in [0.3, 0.4) is 0 Å². The van der Waals surface area contributed by atoms with Gasteiger partial charge in [-0.3, -0.25) is 9.59 Å². The summed E-state index contributed by atoms with van der Waals surface area (Å²) in [6, 6.07) is 5.04. The predicted octanol–water partition coefficient (Wildman–Crippen LogP) is 3.16. The van der Waals surface area contributed by atoms with Gasteiger partial charge in [-0.25, -0.2) is 18.7 Å². The number of hydrogen-bond donors (Lipinski definition) is 1. The molecule has 3 heterocycles. The molecule has 2 aliphatic heterocycles. The lowest BCUT2D eigenvalue weighted by Gasteiger charge is -2.36. The lowest BCUT2D eigenvalue weighted by molar-refractivity contribution is -0.126. The number of phenolic OH excluding ortho intramolecular Hbond substituents is 1. The third-order valence-electron chi connectivity index (χ3n) is 7.15. The van der Waals surface area contributed by atoms with Crippen molar-refractivity contribution in [3.8, 4) is 16.9 Å². The summed E-state index contributed by atoms with van der Waals surface area (Å²) in [4.78, 5) is 41.6. The molecule has 39 heavy (non-hydrogen) atoms. The Kier molecular flexibility index (Phi) is 7.37. The summed E-state index contributed by atoms with van der Waals surface area (Å²) in [6.45, 7) is 7.27. The van der Waals surface area contributed by atoms with Crippen molar-refractivity contribution in [2.45, 2.75) is 0 Å². The van der Waals surface area contributed by atoms with Crippen molar-refractivity contribution in [1.29, 1.82) is 0 Å². The molecular formula is C27H27ClF2N6O3. The van der Waals surface area contributed by atoms with Crippen molar-refractivity contribution >= 4 is 40.1 Å². The molecule has 1 N–H and O–H groups in total. The summed E-state index contributed by atoms with van der Waals surface area (Å²) < 4.78 is 31.0. The first-order chi connectivity index (χ1) is 18.7. The van der Waals surface area contributed by atoms with Gasteiger partial charge in [0.25, 0.3) is 5.91 Å². The number of likely N-dealkylation sites (N-methyl/N-ethyl adjacent to an activating group) is 1. The molecule has 2 aromatic carbocycles. The first-order valence-corrected chi connectivity index (χ1v) is 12.9. The highest BCUT2D eigenvalue weighted by molar-refractivity contribution is 6.34. The largest absolute Gasteiger partial charge is 0.507 e. The summed E-state index contributed by atoms with van der Waals surface area (Å²) >= 11 is 6.48. The summed E-state index contributed by atoms with van der Waals surface area (Å²) in [5.41, 5.74) is -0.974. The molecule has 0 radical (unpaired) electrons. The molecule has 0 bridgehead atoms. The minimum absolute atomic E-state index is 0.149. The van der Waals surface area contributed by atoms with Gasteiger partial charge in [0.2, 0.25) is 11.7 Å². The minimum atomic E-state index is -0.977. The molecule has 5 rings (SSSR count). The summed E-state index contributed by atoms with van der Waals surface area (Å²) in [5, 5.41) is 10.4. The van der Waals surface area contributed by atoms with Crippen LogP contribution < -0.4 is 4.90 Å². The second-order valence-corrected chi connectivity index (χ2v) is 9.97. The number of aromatic nitrogens is 2. The zero-order valence-corrected chi connectivity index (χ0v) is 22.1. The molecule has 9 nitrogen and oxygen atoms in total. The van der Waals surface area contributed by atoms with Crippen LogP contribution in [-0.2, 0) is 4.79 Å². The van der Waals surface area contributed by atoms with Gasteiger partial charge in [-0.15, -0.1) is 0 Å². The van der Waals surface area contributed by atoms with E-state index in [0.29, 0.717) is 52.4 Å². The van der Waals surface area contributed by atoms with E-state index in [1.807, 2.05) is 11.9 Å². The molecule has 2 aliphatic rings. The standard InChI is InChI=1S/C27H27ClF2N6O3/c1-3-20(38)34-11-13-35(14-12-34)26-16-15-17(28)21(22-18(29)5-4-6-19(22)37)23(30)24(16)31-25(32-26)27(39)36-9-7-33(2)8-10-36/h3-6,15,37H,1,7-14H2,2H3. The van der Waals surface area contributed by atoms with Crippen LogP contribution in [0.15, 0.2) is 36.9 Å². The second kappa shape index (κ2) is 10.7. The molecule has 0 spiro atoms. The molecule has 1 aromatic heterocycles. The van der Waals surface area contributed by atoms with Crippen LogP contribution in [0.4, 0.5) is 14.6 Å². The molecule has 0 unspecified atom stereocenters. The number of amides is 2. The van der Waals surface area contributed by atoms with Crippen LogP contribution in [0, 0.1) is 11.6 Å². The van der Waals surface area contributed by atoms with Crippen LogP contribution in [0.5, 0.6) is 5.75 Å². The van der Waals surface area contributed by atoms with Gasteiger partial charge in [0.05, 0.1) is 10.6 Å². The monoisotopic (exact) mass is 556 g/mol. The third-order valence-corrected chi connectivity index (χ3v) is 7.45. The highest BCUT2D eigenvalue weighted by atomic mass is 35.5. The van der Waals surface area contributed by atoms with Crippen molar-refractivity contribution in [3.05, 3.63) is 59.4 Å². The molecule has 0 saturated carbocycles. The number of piperazine rings is 2. The SMILES string of the molecule is C=CC(=O)N1CCN(c2nc(C(=O)N3CCN(C)CC3)nc3c(F)c(-c4c(O)cccc4F)c(Cl)cc23)CC1. The van der Waals surface area contributed by atoms with Crippen molar-refractivity contribution in [2.75, 3.05) is 64.3 Å². The van der Waals surface area contributed by atoms with E-state index < -0.39 is 28.9 Å². The predicted molar refractivity (Wildman–Crippen MR) is 144 cm³/mol. The maximum atomic E-state index is 16.2. The smallest absolute Gasteiger partial charge is 0.291 e. The lowest BCUT2D eigenvalue weighted by atomic mass is 10.0. The van der Waals surface area contributed by atoms with Gasteiger partial charge in [-0.2, -0.15) is 0 Å². The van der Waals surface area contributed by atoms with E-state index in [1.165, 1.54) is 24.3 Å². The fourth-order valence-corrected chi connectivity index (χ4v) is 5.21. The summed E-state index contributed by atoms with van der Waals surface area (Å²) in [6.07, 6.45) is 1.25. The number of benzene rings is 2. The van der Waals surface area contributed by atoms with E-state index in [1.54, 1.807) is 9.80 Å².